The maximum atomic E-state index is 11.5. The van der Waals surface area contributed by atoms with Crippen molar-refractivity contribution in [3.8, 4) is 0 Å². The molecule has 3 rings (SSSR count). The molecule has 1 fully saturated rings. The van der Waals surface area contributed by atoms with Gasteiger partial charge in [0.15, 0.2) is 9.34 Å². The second kappa shape index (κ2) is 5.65. The van der Waals surface area contributed by atoms with Gasteiger partial charge in [-0.25, -0.2) is 18.5 Å². The summed E-state index contributed by atoms with van der Waals surface area (Å²) in [7, 11) is -3.73. The minimum Gasteiger partial charge on any atom is -0.464 e. The van der Waals surface area contributed by atoms with Crippen LogP contribution in [0.5, 0.6) is 0 Å². The highest BCUT2D eigenvalue weighted by Gasteiger charge is 2.28. The van der Waals surface area contributed by atoms with Crippen molar-refractivity contribution in [2.45, 2.75) is 24.2 Å². The number of morpholine rings is 1. The highest BCUT2D eigenvalue weighted by molar-refractivity contribution is 7.91. The fourth-order valence-electron chi connectivity index (χ4n) is 2.39. The monoisotopic (exact) mass is 343 g/mol. The maximum absolute atomic E-state index is 11.5. The Hall–Kier alpha value is -1.42. The quantitative estimate of drug-likeness (QED) is 0.908. The van der Waals surface area contributed by atoms with Gasteiger partial charge in [0.05, 0.1) is 18.8 Å². The molecule has 0 unspecified atom stereocenters. The second-order valence-electron chi connectivity index (χ2n) is 5.17. The van der Waals surface area contributed by atoms with E-state index in [-0.39, 0.29) is 10.3 Å². The molecule has 0 bridgehead atoms. The Bertz CT molecular complexity index is 781. The predicted molar refractivity (Wildman–Crippen MR) is 82.6 cm³/mol. The summed E-state index contributed by atoms with van der Waals surface area (Å²) >= 11 is 1.09. The molecular weight excluding hydrogens is 326 g/mol. The first-order valence-electron chi connectivity index (χ1n) is 6.77. The van der Waals surface area contributed by atoms with E-state index in [1.807, 2.05) is 24.0 Å². The molecule has 22 heavy (non-hydrogen) atoms. The number of aryl methyl sites for hydroxylation is 2. The highest BCUT2D eigenvalue weighted by Crippen LogP contribution is 2.32. The number of primary sulfonamides is 1. The third-order valence-electron chi connectivity index (χ3n) is 3.42. The topological polar surface area (TPSA) is 98.7 Å². The van der Waals surface area contributed by atoms with Gasteiger partial charge in [-0.15, -0.1) is 0 Å². The summed E-state index contributed by atoms with van der Waals surface area (Å²) in [5.74, 6) is 1.60. The Labute approximate surface area is 132 Å². The average Bonchev–Trinajstić information content (AvgIpc) is 3.04. The fraction of sp³-hybridized carbons (Fsp3) is 0.462. The van der Waals surface area contributed by atoms with E-state index in [9.17, 15) is 8.42 Å². The van der Waals surface area contributed by atoms with Crippen molar-refractivity contribution in [1.29, 1.82) is 0 Å². The normalized spacial score (nSPS) is 19.6. The molecule has 0 aromatic carbocycles. The summed E-state index contributed by atoms with van der Waals surface area (Å²) in [4.78, 5) is 6.33. The van der Waals surface area contributed by atoms with E-state index in [2.05, 4.69) is 4.98 Å². The lowest BCUT2D eigenvalue weighted by Crippen LogP contribution is -2.38. The molecule has 0 spiro atoms. The number of hydrogen-bond acceptors (Lipinski definition) is 7. The van der Waals surface area contributed by atoms with Gasteiger partial charge in [-0.2, -0.15) is 0 Å². The molecule has 0 saturated carbocycles. The number of thiazole rings is 1. The van der Waals surface area contributed by atoms with Gasteiger partial charge in [-0.3, -0.25) is 0 Å². The summed E-state index contributed by atoms with van der Waals surface area (Å²) in [6.07, 6.45) is -0.190. The van der Waals surface area contributed by atoms with Crippen LogP contribution in [-0.2, 0) is 14.8 Å². The molecule has 1 aliphatic heterocycles. The van der Waals surface area contributed by atoms with E-state index in [4.69, 9.17) is 14.3 Å². The van der Waals surface area contributed by atoms with Crippen LogP contribution < -0.4 is 10.0 Å². The van der Waals surface area contributed by atoms with Crippen LogP contribution in [0.1, 0.15) is 23.3 Å². The third kappa shape index (κ3) is 3.02. The van der Waals surface area contributed by atoms with Crippen LogP contribution in [0.3, 0.4) is 0 Å². The molecule has 120 valence electrons. The molecule has 2 N–H and O–H groups in total. The zero-order valence-corrected chi connectivity index (χ0v) is 13.9. The molecule has 7 nitrogen and oxygen atoms in total. The minimum atomic E-state index is -3.73. The van der Waals surface area contributed by atoms with Gasteiger partial charge in [0.25, 0.3) is 0 Å². The number of hydrogen-bond donors (Lipinski definition) is 1. The van der Waals surface area contributed by atoms with E-state index >= 15 is 0 Å². The van der Waals surface area contributed by atoms with Crippen LogP contribution in [0.4, 0.5) is 5.13 Å². The zero-order chi connectivity index (χ0) is 15.9. The lowest BCUT2D eigenvalue weighted by atomic mass is 10.2. The standard InChI is InChI=1S/C13H17N3O4S2/c1-8-3-4-10(20-8)11-7-16(5-6-19-11)13-15-9(2)12(21-13)22(14,17)18/h3-4,11H,5-7H2,1-2H3,(H2,14,17,18)/t11-/m0/s1. The fourth-order valence-corrected chi connectivity index (χ4v) is 4.37. The average molecular weight is 343 g/mol. The van der Waals surface area contributed by atoms with Crippen molar-refractivity contribution in [3.63, 3.8) is 0 Å². The van der Waals surface area contributed by atoms with Gasteiger partial charge in [0.2, 0.25) is 10.0 Å². The second-order valence-corrected chi connectivity index (χ2v) is 7.90. The molecule has 1 aliphatic rings. The number of sulfonamides is 1. The zero-order valence-electron chi connectivity index (χ0n) is 12.3. The first kappa shape index (κ1) is 15.5. The first-order chi connectivity index (χ1) is 10.3. The molecule has 0 amide bonds. The van der Waals surface area contributed by atoms with Crippen molar-refractivity contribution in [1.82, 2.24) is 4.98 Å². The maximum Gasteiger partial charge on any atom is 0.249 e. The molecule has 1 atom stereocenters. The number of nitrogens with zero attached hydrogens (tertiary/aromatic N) is 2. The Morgan fingerprint density at radius 1 is 1.41 bits per heavy atom. The van der Waals surface area contributed by atoms with Gasteiger partial charge in [-0.1, -0.05) is 11.3 Å². The SMILES string of the molecule is Cc1ccc([C@@H]2CN(c3nc(C)c(S(N)(=O)=O)s3)CCO2)o1. The number of nitrogens with two attached hydrogens (primary N) is 1. The van der Waals surface area contributed by atoms with E-state index in [1.54, 1.807) is 6.92 Å². The third-order valence-corrected chi connectivity index (χ3v) is 6.19. The van der Waals surface area contributed by atoms with Crippen molar-refractivity contribution in [3.05, 3.63) is 29.3 Å². The first-order valence-corrected chi connectivity index (χ1v) is 9.14. The Morgan fingerprint density at radius 2 is 2.18 bits per heavy atom. The number of ether oxygens (including phenoxy) is 1. The predicted octanol–water partition coefficient (Wildman–Crippen LogP) is 1.58. The summed E-state index contributed by atoms with van der Waals surface area (Å²) in [6.45, 7) is 5.26. The molecule has 9 heteroatoms. The number of furan rings is 1. The van der Waals surface area contributed by atoms with Crippen molar-refractivity contribution in [2.24, 2.45) is 5.14 Å². The molecule has 2 aromatic rings. The molecule has 2 aromatic heterocycles. The number of aromatic nitrogens is 1. The van der Waals surface area contributed by atoms with Crippen LogP contribution in [0, 0.1) is 13.8 Å². The minimum absolute atomic E-state index is 0.111. The van der Waals surface area contributed by atoms with Gasteiger partial charge >= 0.3 is 0 Å². The van der Waals surface area contributed by atoms with E-state index in [1.165, 1.54) is 0 Å². The van der Waals surface area contributed by atoms with E-state index in [0.717, 1.165) is 22.9 Å². The molecular formula is C13H17N3O4S2. The lowest BCUT2D eigenvalue weighted by molar-refractivity contribution is 0.0252. The largest absolute Gasteiger partial charge is 0.464 e. The smallest absolute Gasteiger partial charge is 0.249 e. The highest BCUT2D eigenvalue weighted by atomic mass is 32.2. The van der Waals surface area contributed by atoms with E-state index in [0.29, 0.717) is 30.5 Å². The Balaban J connectivity index is 1.83. The Kier molecular flexibility index (Phi) is 3.98. The molecule has 1 saturated heterocycles. The summed E-state index contributed by atoms with van der Waals surface area (Å²) < 4.78 is 34.5. The van der Waals surface area contributed by atoms with Gasteiger partial charge in [-0.05, 0) is 26.0 Å². The van der Waals surface area contributed by atoms with Gasteiger partial charge in [0, 0.05) is 6.54 Å². The van der Waals surface area contributed by atoms with Gasteiger partial charge in [0.1, 0.15) is 17.6 Å². The van der Waals surface area contributed by atoms with Crippen LogP contribution in [0.2, 0.25) is 0 Å². The number of anilines is 1. The van der Waals surface area contributed by atoms with Crippen molar-refractivity contribution >= 4 is 26.5 Å². The van der Waals surface area contributed by atoms with Crippen LogP contribution in [0.25, 0.3) is 0 Å². The lowest BCUT2D eigenvalue weighted by Gasteiger charge is -2.31. The molecule has 0 radical (unpaired) electrons. The number of rotatable bonds is 3. The van der Waals surface area contributed by atoms with Crippen LogP contribution in [0.15, 0.2) is 20.8 Å². The molecule has 3 heterocycles. The van der Waals surface area contributed by atoms with Crippen molar-refractivity contribution < 1.29 is 17.6 Å². The summed E-state index contributed by atoms with van der Waals surface area (Å²) in [6, 6.07) is 3.79. The van der Waals surface area contributed by atoms with E-state index < -0.39 is 10.0 Å². The van der Waals surface area contributed by atoms with Gasteiger partial charge < -0.3 is 14.1 Å². The summed E-state index contributed by atoms with van der Waals surface area (Å²) in [5.41, 5.74) is 0.430. The van der Waals surface area contributed by atoms with Crippen molar-refractivity contribution in [2.75, 3.05) is 24.6 Å². The Morgan fingerprint density at radius 3 is 2.77 bits per heavy atom. The van der Waals surface area contributed by atoms with Crippen LogP contribution >= 0.6 is 11.3 Å². The van der Waals surface area contributed by atoms with Crippen LogP contribution in [-0.4, -0.2) is 33.1 Å². The molecule has 0 aliphatic carbocycles. The summed E-state index contributed by atoms with van der Waals surface area (Å²) in [5, 5.41) is 5.84.